The maximum absolute atomic E-state index is 5.11. The minimum atomic E-state index is 0.584. The molecule has 1 aliphatic rings. The van der Waals surface area contributed by atoms with E-state index in [0.717, 1.165) is 6.61 Å². The molecule has 2 nitrogen and oxygen atoms in total. The van der Waals surface area contributed by atoms with Crippen molar-refractivity contribution in [3.63, 3.8) is 0 Å². The van der Waals surface area contributed by atoms with E-state index in [-0.39, 0.29) is 0 Å². The number of ether oxygens (including phenoxy) is 1. The monoisotopic (exact) mass is 143 g/mol. The van der Waals surface area contributed by atoms with E-state index in [1.807, 2.05) is 0 Å². The van der Waals surface area contributed by atoms with Crippen LogP contribution in [0.1, 0.15) is 20.3 Å². The van der Waals surface area contributed by atoms with Gasteiger partial charge in [0.2, 0.25) is 0 Å². The largest absolute Gasteiger partial charge is 0.373 e. The summed E-state index contributed by atoms with van der Waals surface area (Å²) in [4.78, 5) is 2.35. The second kappa shape index (κ2) is 3.35. The van der Waals surface area contributed by atoms with Gasteiger partial charge >= 0.3 is 0 Å². The van der Waals surface area contributed by atoms with Gasteiger partial charge in [-0.25, -0.2) is 0 Å². The molecule has 1 rings (SSSR count). The molecule has 1 heterocycles. The lowest BCUT2D eigenvalue weighted by Gasteiger charge is -2.19. The third-order valence-corrected chi connectivity index (χ3v) is 2.09. The molecule has 0 amide bonds. The summed E-state index contributed by atoms with van der Waals surface area (Å²) in [5.74, 6) is 0. The normalized spacial score (nSPS) is 24.3. The van der Waals surface area contributed by atoms with Gasteiger partial charge in [0.25, 0.3) is 0 Å². The SMILES string of the molecule is CC(C)N(C)CC[C@H]1CO1. The third kappa shape index (κ3) is 2.67. The molecule has 10 heavy (non-hydrogen) atoms. The highest BCUT2D eigenvalue weighted by molar-refractivity contribution is 4.71. The molecule has 1 aliphatic heterocycles. The van der Waals surface area contributed by atoms with E-state index >= 15 is 0 Å². The summed E-state index contributed by atoms with van der Waals surface area (Å²) >= 11 is 0. The highest BCUT2D eigenvalue weighted by Crippen LogP contribution is 2.13. The minimum Gasteiger partial charge on any atom is -0.373 e. The fraction of sp³-hybridized carbons (Fsp3) is 1.00. The zero-order chi connectivity index (χ0) is 7.56. The Labute approximate surface area is 63.2 Å². The maximum Gasteiger partial charge on any atom is 0.0822 e. The minimum absolute atomic E-state index is 0.584. The molecule has 0 aliphatic carbocycles. The summed E-state index contributed by atoms with van der Waals surface area (Å²) in [6.07, 6.45) is 1.79. The predicted molar refractivity (Wildman–Crippen MR) is 42.1 cm³/mol. The average molecular weight is 143 g/mol. The lowest BCUT2D eigenvalue weighted by atomic mass is 10.3. The molecule has 0 N–H and O–H groups in total. The molecular weight excluding hydrogens is 126 g/mol. The van der Waals surface area contributed by atoms with Crippen LogP contribution >= 0.6 is 0 Å². The van der Waals surface area contributed by atoms with Crippen molar-refractivity contribution in [1.82, 2.24) is 4.90 Å². The molecule has 0 bridgehead atoms. The first-order valence-electron chi connectivity index (χ1n) is 4.02. The number of hydrogen-bond donors (Lipinski definition) is 0. The van der Waals surface area contributed by atoms with Crippen LogP contribution < -0.4 is 0 Å². The Balaban J connectivity index is 1.99. The highest BCUT2D eigenvalue weighted by Gasteiger charge is 2.22. The zero-order valence-electron chi connectivity index (χ0n) is 7.13. The van der Waals surface area contributed by atoms with E-state index in [1.54, 1.807) is 0 Å². The molecule has 0 saturated carbocycles. The summed E-state index contributed by atoms with van der Waals surface area (Å²) in [7, 11) is 2.16. The van der Waals surface area contributed by atoms with Crippen LogP contribution in [0.25, 0.3) is 0 Å². The zero-order valence-corrected chi connectivity index (χ0v) is 7.13. The molecule has 0 spiro atoms. The van der Waals surface area contributed by atoms with E-state index in [9.17, 15) is 0 Å². The second-order valence-corrected chi connectivity index (χ2v) is 3.32. The Morgan fingerprint density at radius 3 is 2.60 bits per heavy atom. The van der Waals surface area contributed by atoms with Crippen LogP contribution in [0.4, 0.5) is 0 Å². The Morgan fingerprint density at radius 2 is 2.20 bits per heavy atom. The summed E-state index contributed by atoms with van der Waals surface area (Å²) in [6, 6.07) is 0.666. The first-order chi connectivity index (χ1) is 4.70. The van der Waals surface area contributed by atoms with Gasteiger partial charge in [-0.3, -0.25) is 0 Å². The van der Waals surface area contributed by atoms with Crippen molar-refractivity contribution in [3.05, 3.63) is 0 Å². The quantitative estimate of drug-likeness (QED) is 0.548. The van der Waals surface area contributed by atoms with Crippen LogP contribution in [-0.4, -0.2) is 37.2 Å². The van der Waals surface area contributed by atoms with E-state index in [4.69, 9.17) is 4.74 Å². The van der Waals surface area contributed by atoms with Crippen molar-refractivity contribution < 1.29 is 4.74 Å². The Kier molecular flexibility index (Phi) is 2.69. The molecule has 0 unspecified atom stereocenters. The standard InChI is InChI=1S/C8H17NO/c1-7(2)9(3)5-4-8-6-10-8/h7-8H,4-6H2,1-3H3/t8-/m0/s1. The Morgan fingerprint density at radius 1 is 1.60 bits per heavy atom. The van der Waals surface area contributed by atoms with Crippen LogP contribution in [0, 0.1) is 0 Å². The van der Waals surface area contributed by atoms with E-state index in [0.29, 0.717) is 12.1 Å². The van der Waals surface area contributed by atoms with E-state index < -0.39 is 0 Å². The predicted octanol–water partition coefficient (Wildman–Crippen LogP) is 1.12. The summed E-state index contributed by atoms with van der Waals surface area (Å²) in [5, 5.41) is 0. The summed E-state index contributed by atoms with van der Waals surface area (Å²) < 4.78 is 5.11. The van der Waals surface area contributed by atoms with E-state index in [2.05, 4.69) is 25.8 Å². The van der Waals surface area contributed by atoms with Crippen LogP contribution in [0.2, 0.25) is 0 Å². The van der Waals surface area contributed by atoms with Gasteiger partial charge < -0.3 is 9.64 Å². The average Bonchev–Trinajstić information content (AvgIpc) is 2.64. The number of epoxide rings is 1. The van der Waals surface area contributed by atoms with Crippen molar-refractivity contribution in [3.8, 4) is 0 Å². The topological polar surface area (TPSA) is 15.8 Å². The molecule has 0 aromatic heterocycles. The number of rotatable bonds is 4. The summed E-state index contributed by atoms with van der Waals surface area (Å²) in [6.45, 7) is 6.59. The third-order valence-electron chi connectivity index (χ3n) is 2.09. The molecular formula is C8H17NO. The van der Waals surface area contributed by atoms with Crippen LogP contribution in [-0.2, 0) is 4.74 Å². The van der Waals surface area contributed by atoms with Crippen molar-refractivity contribution in [1.29, 1.82) is 0 Å². The van der Waals surface area contributed by atoms with Gasteiger partial charge in [-0.2, -0.15) is 0 Å². The maximum atomic E-state index is 5.11. The molecule has 1 saturated heterocycles. The molecule has 2 heteroatoms. The fourth-order valence-electron chi connectivity index (χ4n) is 0.841. The van der Waals surface area contributed by atoms with Gasteiger partial charge in [-0.1, -0.05) is 0 Å². The number of hydrogen-bond acceptors (Lipinski definition) is 2. The Bertz CT molecular complexity index is 99.4. The Hall–Kier alpha value is -0.0800. The molecule has 0 radical (unpaired) electrons. The lowest BCUT2D eigenvalue weighted by molar-refractivity contribution is 0.256. The first-order valence-corrected chi connectivity index (χ1v) is 4.02. The van der Waals surface area contributed by atoms with Gasteiger partial charge in [0.1, 0.15) is 0 Å². The molecule has 1 atom stereocenters. The summed E-state index contributed by atoms with van der Waals surface area (Å²) in [5.41, 5.74) is 0. The molecule has 1 fully saturated rings. The van der Waals surface area contributed by atoms with Gasteiger partial charge in [0.15, 0.2) is 0 Å². The highest BCUT2D eigenvalue weighted by atomic mass is 16.6. The first kappa shape index (κ1) is 8.02. The van der Waals surface area contributed by atoms with Gasteiger partial charge in [0.05, 0.1) is 12.7 Å². The van der Waals surface area contributed by atoms with Crippen molar-refractivity contribution in [2.45, 2.75) is 32.4 Å². The van der Waals surface area contributed by atoms with Gasteiger partial charge in [-0.15, -0.1) is 0 Å². The smallest absolute Gasteiger partial charge is 0.0822 e. The van der Waals surface area contributed by atoms with Crippen molar-refractivity contribution in [2.24, 2.45) is 0 Å². The fourth-order valence-corrected chi connectivity index (χ4v) is 0.841. The molecule has 60 valence electrons. The van der Waals surface area contributed by atoms with Crippen LogP contribution in [0.3, 0.4) is 0 Å². The molecule has 0 aromatic carbocycles. The second-order valence-electron chi connectivity index (χ2n) is 3.32. The number of nitrogens with zero attached hydrogens (tertiary/aromatic N) is 1. The van der Waals surface area contributed by atoms with E-state index in [1.165, 1.54) is 13.0 Å². The van der Waals surface area contributed by atoms with Crippen LogP contribution in [0.15, 0.2) is 0 Å². The van der Waals surface area contributed by atoms with Crippen molar-refractivity contribution in [2.75, 3.05) is 20.2 Å². The van der Waals surface area contributed by atoms with Gasteiger partial charge in [0, 0.05) is 12.6 Å². The lowest BCUT2D eigenvalue weighted by Crippen LogP contribution is -2.27. The van der Waals surface area contributed by atoms with Crippen molar-refractivity contribution >= 4 is 0 Å². The molecule has 0 aromatic rings. The van der Waals surface area contributed by atoms with Gasteiger partial charge in [-0.05, 0) is 27.3 Å². The van der Waals surface area contributed by atoms with Crippen LogP contribution in [0.5, 0.6) is 0 Å².